The maximum atomic E-state index is 11.1. The van der Waals surface area contributed by atoms with Gasteiger partial charge in [-0.05, 0) is 6.92 Å². The van der Waals surface area contributed by atoms with E-state index >= 15 is 0 Å². The smallest absolute Gasteiger partial charge is 0.205 e. The van der Waals surface area contributed by atoms with Crippen molar-refractivity contribution >= 4 is 10.2 Å². The molecule has 0 spiro atoms. The van der Waals surface area contributed by atoms with Crippen LogP contribution in [-0.2, 0) is 10.2 Å². The lowest BCUT2D eigenvalue weighted by molar-refractivity contribution is 0.148. The molecule has 6 heteroatoms. The second kappa shape index (κ2) is 2.69. The summed E-state index contributed by atoms with van der Waals surface area (Å²) in [6.45, 7) is 2.31. The van der Waals surface area contributed by atoms with E-state index in [0.29, 0.717) is 0 Å². The van der Waals surface area contributed by atoms with Gasteiger partial charge in [-0.1, -0.05) is 0 Å². The summed E-state index contributed by atoms with van der Waals surface area (Å²) in [5.74, 6) is 0. The maximum absolute atomic E-state index is 11.1. The summed E-state index contributed by atoms with van der Waals surface area (Å²) in [5.41, 5.74) is -0.496. The summed E-state index contributed by atoms with van der Waals surface area (Å²) in [6, 6.07) is 2.07. The monoisotopic (exact) mass is 189 g/mol. The standard InChI is InChI=1S/C6H11N3O2S/c1-6(3-7)4-9(5-6)12(10,11)8-2/h8H,4-5H2,1-2H3. The van der Waals surface area contributed by atoms with Crippen molar-refractivity contribution in [3.05, 3.63) is 0 Å². The highest BCUT2D eigenvalue weighted by atomic mass is 32.2. The average molecular weight is 189 g/mol. The minimum atomic E-state index is -3.31. The number of hydrogen-bond donors (Lipinski definition) is 1. The van der Waals surface area contributed by atoms with Gasteiger partial charge in [0.05, 0.1) is 11.5 Å². The largest absolute Gasteiger partial charge is 0.279 e. The van der Waals surface area contributed by atoms with Gasteiger partial charge >= 0.3 is 0 Å². The molecule has 1 aliphatic rings. The Hall–Kier alpha value is -0.640. The van der Waals surface area contributed by atoms with Crippen molar-refractivity contribution in [1.29, 1.82) is 5.26 Å². The van der Waals surface area contributed by atoms with E-state index in [4.69, 9.17) is 5.26 Å². The Kier molecular flexibility index (Phi) is 2.12. The van der Waals surface area contributed by atoms with Crippen molar-refractivity contribution < 1.29 is 8.42 Å². The Morgan fingerprint density at radius 3 is 2.42 bits per heavy atom. The van der Waals surface area contributed by atoms with E-state index in [-0.39, 0.29) is 13.1 Å². The molecule has 0 unspecified atom stereocenters. The summed E-state index contributed by atoms with van der Waals surface area (Å²) in [4.78, 5) is 0. The lowest BCUT2D eigenvalue weighted by atomic mass is 9.86. The summed E-state index contributed by atoms with van der Waals surface area (Å²) in [7, 11) is -1.95. The van der Waals surface area contributed by atoms with Crippen molar-refractivity contribution in [2.24, 2.45) is 5.41 Å². The van der Waals surface area contributed by atoms with Gasteiger partial charge in [0, 0.05) is 20.1 Å². The molecule has 1 fully saturated rings. The maximum Gasteiger partial charge on any atom is 0.279 e. The van der Waals surface area contributed by atoms with Gasteiger partial charge in [-0.25, -0.2) is 4.72 Å². The topological polar surface area (TPSA) is 73.2 Å². The summed E-state index contributed by atoms with van der Waals surface area (Å²) < 4.78 is 25.6. The molecule has 0 aromatic rings. The minimum Gasteiger partial charge on any atom is -0.205 e. The van der Waals surface area contributed by atoms with E-state index in [2.05, 4.69) is 10.8 Å². The Bertz CT molecular complexity index is 310. The van der Waals surface area contributed by atoms with Gasteiger partial charge in [-0.2, -0.15) is 18.0 Å². The molecule has 0 atom stereocenters. The van der Waals surface area contributed by atoms with Crippen LogP contribution in [0.1, 0.15) is 6.92 Å². The first kappa shape index (κ1) is 9.45. The molecule has 0 bridgehead atoms. The fraction of sp³-hybridized carbons (Fsp3) is 0.833. The van der Waals surface area contributed by atoms with Crippen LogP contribution in [-0.4, -0.2) is 32.9 Å². The van der Waals surface area contributed by atoms with Crippen LogP contribution in [0.2, 0.25) is 0 Å². The van der Waals surface area contributed by atoms with Crippen LogP contribution in [0.25, 0.3) is 0 Å². The predicted molar refractivity (Wildman–Crippen MR) is 43.3 cm³/mol. The van der Waals surface area contributed by atoms with Crippen molar-refractivity contribution in [2.75, 3.05) is 20.1 Å². The molecule has 0 saturated carbocycles. The molecule has 1 aliphatic heterocycles. The first-order valence-electron chi connectivity index (χ1n) is 3.53. The summed E-state index contributed by atoms with van der Waals surface area (Å²) >= 11 is 0. The third-order valence-electron chi connectivity index (χ3n) is 1.92. The molecule has 0 radical (unpaired) electrons. The van der Waals surface area contributed by atoms with E-state index in [0.717, 1.165) is 0 Å². The van der Waals surface area contributed by atoms with Gasteiger partial charge in [0.15, 0.2) is 0 Å². The Labute approximate surface area is 72.2 Å². The van der Waals surface area contributed by atoms with E-state index < -0.39 is 15.6 Å². The van der Waals surface area contributed by atoms with Crippen molar-refractivity contribution in [3.8, 4) is 6.07 Å². The Morgan fingerprint density at radius 1 is 1.58 bits per heavy atom. The van der Waals surface area contributed by atoms with Crippen LogP contribution in [0.15, 0.2) is 0 Å². The molecule has 0 aliphatic carbocycles. The second-order valence-electron chi connectivity index (χ2n) is 3.15. The van der Waals surface area contributed by atoms with Crippen molar-refractivity contribution in [2.45, 2.75) is 6.92 Å². The van der Waals surface area contributed by atoms with Gasteiger partial charge < -0.3 is 0 Å². The second-order valence-corrected chi connectivity index (χ2v) is 5.02. The molecule has 1 N–H and O–H groups in total. The van der Waals surface area contributed by atoms with Gasteiger partial charge in [0.2, 0.25) is 0 Å². The minimum absolute atomic E-state index is 0.284. The highest BCUT2D eigenvalue weighted by Crippen LogP contribution is 2.30. The Morgan fingerprint density at radius 2 is 2.08 bits per heavy atom. The predicted octanol–water partition coefficient (Wildman–Crippen LogP) is -0.704. The van der Waals surface area contributed by atoms with Gasteiger partial charge in [0.25, 0.3) is 10.2 Å². The summed E-state index contributed by atoms with van der Waals surface area (Å²) in [6.07, 6.45) is 0. The normalized spacial score (nSPS) is 22.8. The first-order valence-corrected chi connectivity index (χ1v) is 4.97. The highest BCUT2D eigenvalue weighted by Gasteiger charge is 2.44. The zero-order valence-electron chi connectivity index (χ0n) is 7.03. The van der Waals surface area contributed by atoms with Crippen LogP contribution >= 0.6 is 0 Å². The van der Waals surface area contributed by atoms with Crippen molar-refractivity contribution in [1.82, 2.24) is 9.03 Å². The molecule has 0 amide bonds. The SMILES string of the molecule is CNS(=O)(=O)N1CC(C)(C#N)C1. The van der Waals surface area contributed by atoms with Crippen LogP contribution < -0.4 is 4.72 Å². The van der Waals surface area contributed by atoms with E-state index in [1.54, 1.807) is 6.92 Å². The molecule has 1 heterocycles. The van der Waals surface area contributed by atoms with Crippen LogP contribution in [0, 0.1) is 16.7 Å². The fourth-order valence-corrected chi connectivity index (χ4v) is 2.27. The zero-order chi connectivity index (χ0) is 9.41. The number of hydrogen-bond acceptors (Lipinski definition) is 3. The fourth-order valence-electron chi connectivity index (χ4n) is 1.10. The van der Waals surface area contributed by atoms with Crippen LogP contribution in [0.3, 0.4) is 0 Å². The van der Waals surface area contributed by atoms with Crippen molar-refractivity contribution in [3.63, 3.8) is 0 Å². The number of nitriles is 1. The van der Waals surface area contributed by atoms with Crippen LogP contribution in [0.5, 0.6) is 0 Å². The van der Waals surface area contributed by atoms with Gasteiger partial charge in [-0.15, -0.1) is 0 Å². The quantitative estimate of drug-likeness (QED) is 0.624. The molecule has 12 heavy (non-hydrogen) atoms. The highest BCUT2D eigenvalue weighted by molar-refractivity contribution is 7.87. The van der Waals surface area contributed by atoms with E-state index in [1.807, 2.05) is 0 Å². The molecule has 1 rings (SSSR count). The van der Waals surface area contributed by atoms with Gasteiger partial charge in [-0.3, -0.25) is 0 Å². The average Bonchev–Trinajstić information content (AvgIpc) is 1.98. The molecule has 5 nitrogen and oxygen atoms in total. The third kappa shape index (κ3) is 1.43. The lowest BCUT2D eigenvalue weighted by Gasteiger charge is -2.41. The van der Waals surface area contributed by atoms with Crippen LogP contribution in [0.4, 0.5) is 0 Å². The number of nitrogens with one attached hydrogen (secondary N) is 1. The molecule has 68 valence electrons. The first-order chi connectivity index (χ1) is 5.43. The van der Waals surface area contributed by atoms with Gasteiger partial charge in [0.1, 0.15) is 0 Å². The zero-order valence-corrected chi connectivity index (χ0v) is 7.85. The summed E-state index contributed by atoms with van der Waals surface area (Å²) in [5, 5.41) is 8.61. The lowest BCUT2D eigenvalue weighted by Crippen LogP contribution is -2.58. The Balaban J connectivity index is 2.63. The molecular weight excluding hydrogens is 178 g/mol. The molecular formula is C6H11N3O2S. The number of nitrogens with zero attached hydrogens (tertiary/aromatic N) is 2. The number of rotatable bonds is 2. The molecule has 1 saturated heterocycles. The van der Waals surface area contributed by atoms with E-state index in [1.165, 1.54) is 11.4 Å². The molecule has 0 aromatic carbocycles. The van der Waals surface area contributed by atoms with E-state index in [9.17, 15) is 8.42 Å². The molecule has 0 aromatic heterocycles. The third-order valence-corrected chi connectivity index (χ3v) is 3.37.